The van der Waals surface area contributed by atoms with Crippen LogP contribution in [-0.4, -0.2) is 22.8 Å². The normalized spacial score (nSPS) is 11.8. The molecule has 5 nitrogen and oxygen atoms in total. The Morgan fingerprint density at radius 2 is 1.85 bits per heavy atom. The molecule has 2 N–H and O–H groups in total. The summed E-state index contributed by atoms with van der Waals surface area (Å²) < 4.78 is 0.878. The van der Waals surface area contributed by atoms with Crippen LogP contribution in [0.5, 0.6) is 0 Å². The van der Waals surface area contributed by atoms with Gasteiger partial charge in [-0.3, -0.25) is 14.6 Å². The van der Waals surface area contributed by atoms with Crippen molar-refractivity contribution in [3.63, 3.8) is 0 Å². The first-order valence-corrected chi connectivity index (χ1v) is 9.03. The average Bonchev–Trinajstić information content (AvgIpc) is 2.64. The number of hydrogen-bond acceptors (Lipinski definition) is 3. The van der Waals surface area contributed by atoms with Crippen LogP contribution in [0.25, 0.3) is 10.9 Å². The third-order valence-electron chi connectivity index (χ3n) is 3.83. The zero-order valence-corrected chi connectivity index (χ0v) is 16.1. The zero-order valence-electron chi connectivity index (χ0n) is 13.8. The highest BCUT2D eigenvalue weighted by Gasteiger charge is 2.18. The smallest absolute Gasteiger partial charge is 0.251 e. The Kier molecular flexibility index (Phi) is 5.54. The molecule has 0 spiro atoms. The lowest BCUT2D eigenvalue weighted by atomic mass is 10.1. The van der Waals surface area contributed by atoms with Crippen LogP contribution in [0.4, 0.5) is 5.69 Å². The average molecular weight is 433 g/mol. The lowest BCUT2D eigenvalue weighted by Gasteiger charge is -2.15. The quantitative estimate of drug-likeness (QED) is 0.641. The number of benzene rings is 2. The van der Waals surface area contributed by atoms with Gasteiger partial charge in [0.25, 0.3) is 5.91 Å². The molecule has 132 valence electrons. The van der Waals surface area contributed by atoms with E-state index >= 15 is 0 Å². The van der Waals surface area contributed by atoms with Gasteiger partial charge in [0.1, 0.15) is 6.04 Å². The number of halogens is 2. The standard InChI is InChI=1S/C19H15BrClN3O2/c1-11(23-19(26)12-4-6-13(20)7-5-12)18(25)24-16-9-8-15(21)17-14(16)3-2-10-22-17/h2-11H,1H3,(H,23,26)(H,24,25). The molecule has 1 unspecified atom stereocenters. The number of aromatic nitrogens is 1. The third kappa shape index (κ3) is 4.03. The fourth-order valence-corrected chi connectivity index (χ4v) is 2.91. The van der Waals surface area contributed by atoms with E-state index in [0.717, 1.165) is 9.86 Å². The predicted molar refractivity (Wildman–Crippen MR) is 106 cm³/mol. The number of carbonyl (C=O) groups excluding carboxylic acids is 2. The summed E-state index contributed by atoms with van der Waals surface area (Å²) in [4.78, 5) is 29.0. The fourth-order valence-electron chi connectivity index (χ4n) is 2.43. The van der Waals surface area contributed by atoms with Gasteiger partial charge in [0.05, 0.1) is 16.2 Å². The molecule has 0 aliphatic rings. The van der Waals surface area contributed by atoms with Crippen molar-refractivity contribution >= 4 is 55.9 Å². The number of nitrogens with one attached hydrogen (secondary N) is 2. The van der Waals surface area contributed by atoms with Gasteiger partial charge in [0.15, 0.2) is 0 Å². The molecular formula is C19H15BrClN3O2. The molecule has 0 fully saturated rings. The number of fused-ring (bicyclic) bond motifs is 1. The van der Waals surface area contributed by atoms with Gasteiger partial charge in [-0.1, -0.05) is 27.5 Å². The molecule has 3 aromatic rings. The first kappa shape index (κ1) is 18.4. The maximum absolute atomic E-state index is 12.5. The van der Waals surface area contributed by atoms with Crippen molar-refractivity contribution < 1.29 is 9.59 Å². The molecular weight excluding hydrogens is 418 g/mol. The van der Waals surface area contributed by atoms with Gasteiger partial charge in [-0.25, -0.2) is 0 Å². The molecule has 7 heteroatoms. The molecule has 0 aliphatic carbocycles. The summed E-state index contributed by atoms with van der Waals surface area (Å²) in [6.07, 6.45) is 1.64. The summed E-state index contributed by atoms with van der Waals surface area (Å²) in [6.45, 7) is 1.63. The van der Waals surface area contributed by atoms with Gasteiger partial charge < -0.3 is 10.6 Å². The van der Waals surface area contributed by atoms with Crippen LogP contribution in [-0.2, 0) is 4.79 Å². The molecule has 0 bridgehead atoms. The topological polar surface area (TPSA) is 71.1 Å². The molecule has 2 amide bonds. The Balaban J connectivity index is 1.73. The van der Waals surface area contributed by atoms with Crippen molar-refractivity contribution in [2.45, 2.75) is 13.0 Å². The van der Waals surface area contributed by atoms with E-state index in [4.69, 9.17) is 11.6 Å². The second-order valence-electron chi connectivity index (χ2n) is 5.69. The van der Waals surface area contributed by atoms with Crippen molar-refractivity contribution in [3.05, 3.63) is 69.8 Å². The van der Waals surface area contributed by atoms with Gasteiger partial charge in [-0.05, 0) is 55.5 Å². The molecule has 3 rings (SSSR count). The maximum Gasteiger partial charge on any atom is 0.251 e. The molecule has 0 saturated carbocycles. The van der Waals surface area contributed by atoms with E-state index in [1.165, 1.54) is 0 Å². The van der Waals surface area contributed by atoms with Crippen molar-refractivity contribution in [2.24, 2.45) is 0 Å². The van der Waals surface area contributed by atoms with E-state index < -0.39 is 6.04 Å². The second kappa shape index (κ2) is 7.85. The van der Waals surface area contributed by atoms with Crippen LogP contribution in [0, 0.1) is 0 Å². The summed E-state index contributed by atoms with van der Waals surface area (Å²) in [5.74, 6) is -0.647. The van der Waals surface area contributed by atoms with E-state index in [1.807, 2.05) is 6.07 Å². The number of pyridine rings is 1. The minimum Gasteiger partial charge on any atom is -0.341 e. The van der Waals surface area contributed by atoms with E-state index in [2.05, 4.69) is 31.5 Å². The Hall–Kier alpha value is -2.44. The van der Waals surface area contributed by atoms with Gasteiger partial charge in [-0.15, -0.1) is 0 Å². The Bertz CT molecular complexity index is 976. The summed E-state index contributed by atoms with van der Waals surface area (Å²) >= 11 is 9.46. The first-order valence-electron chi connectivity index (χ1n) is 7.86. The lowest BCUT2D eigenvalue weighted by molar-refractivity contribution is -0.117. The van der Waals surface area contributed by atoms with Gasteiger partial charge >= 0.3 is 0 Å². The highest BCUT2D eigenvalue weighted by atomic mass is 79.9. The molecule has 26 heavy (non-hydrogen) atoms. The van der Waals surface area contributed by atoms with Crippen LogP contribution < -0.4 is 10.6 Å². The van der Waals surface area contributed by atoms with Crippen molar-refractivity contribution in [1.82, 2.24) is 10.3 Å². The van der Waals surface area contributed by atoms with Crippen molar-refractivity contribution in [1.29, 1.82) is 0 Å². The summed E-state index contributed by atoms with van der Waals surface area (Å²) in [7, 11) is 0. The second-order valence-corrected chi connectivity index (χ2v) is 7.01. The molecule has 0 radical (unpaired) electrons. The maximum atomic E-state index is 12.5. The van der Waals surface area contributed by atoms with Crippen LogP contribution in [0.2, 0.25) is 5.02 Å². The summed E-state index contributed by atoms with van der Waals surface area (Å²) in [5, 5.41) is 6.75. The van der Waals surface area contributed by atoms with Gasteiger partial charge in [0.2, 0.25) is 5.91 Å². The van der Waals surface area contributed by atoms with E-state index in [-0.39, 0.29) is 11.8 Å². The van der Waals surface area contributed by atoms with Crippen LogP contribution in [0.15, 0.2) is 59.2 Å². The predicted octanol–water partition coefficient (Wildman–Crippen LogP) is 4.41. The van der Waals surface area contributed by atoms with E-state index in [9.17, 15) is 9.59 Å². The Labute approximate surface area is 163 Å². The highest BCUT2D eigenvalue weighted by molar-refractivity contribution is 9.10. The summed E-state index contributed by atoms with van der Waals surface area (Å²) in [6, 6.07) is 13.2. The summed E-state index contributed by atoms with van der Waals surface area (Å²) in [5.41, 5.74) is 1.68. The lowest BCUT2D eigenvalue weighted by Crippen LogP contribution is -2.41. The van der Waals surface area contributed by atoms with Crippen LogP contribution in [0.1, 0.15) is 17.3 Å². The monoisotopic (exact) mass is 431 g/mol. The molecule has 1 atom stereocenters. The minimum atomic E-state index is -0.714. The number of rotatable bonds is 4. The molecule has 0 aliphatic heterocycles. The fraction of sp³-hybridized carbons (Fsp3) is 0.105. The molecule has 1 heterocycles. The van der Waals surface area contributed by atoms with Crippen molar-refractivity contribution in [3.8, 4) is 0 Å². The zero-order chi connectivity index (χ0) is 18.7. The van der Waals surface area contributed by atoms with Gasteiger partial charge in [-0.2, -0.15) is 0 Å². The van der Waals surface area contributed by atoms with E-state index in [0.29, 0.717) is 21.8 Å². The molecule has 1 aromatic heterocycles. The SMILES string of the molecule is CC(NC(=O)c1ccc(Br)cc1)C(=O)Nc1ccc(Cl)c2ncccc12. The minimum absolute atomic E-state index is 0.317. The van der Waals surface area contributed by atoms with Gasteiger partial charge in [0, 0.05) is 21.6 Å². The Morgan fingerprint density at radius 3 is 2.58 bits per heavy atom. The third-order valence-corrected chi connectivity index (χ3v) is 4.66. The first-order chi connectivity index (χ1) is 12.5. The number of amides is 2. The molecule has 2 aromatic carbocycles. The number of carbonyl (C=O) groups is 2. The Morgan fingerprint density at radius 1 is 1.12 bits per heavy atom. The largest absolute Gasteiger partial charge is 0.341 e. The number of nitrogens with zero attached hydrogens (tertiary/aromatic N) is 1. The highest BCUT2D eigenvalue weighted by Crippen LogP contribution is 2.28. The van der Waals surface area contributed by atoms with Crippen molar-refractivity contribution in [2.75, 3.05) is 5.32 Å². The van der Waals surface area contributed by atoms with E-state index in [1.54, 1.807) is 55.6 Å². The van der Waals surface area contributed by atoms with Crippen LogP contribution in [0.3, 0.4) is 0 Å². The van der Waals surface area contributed by atoms with Crippen LogP contribution >= 0.6 is 27.5 Å². The molecule has 0 saturated heterocycles. The number of anilines is 1. The number of hydrogen-bond donors (Lipinski definition) is 2.